The van der Waals surface area contributed by atoms with Crippen LogP contribution in [0.4, 0.5) is 20.4 Å². The van der Waals surface area contributed by atoms with Crippen molar-refractivity contribution in [2.75, 3.05) is 36.4 Å². The van der Waals surface area contributed by atoms with Crippen LogP contribution < -0.4 is 20.3 Å². The number of rotatable bonds is 6. The summed E-state index contributed by atoms with van der Waals surface area (Å²) in [6.07, 6.45) is 7.60. The summed E-state index contributed by atoms with van der Waals surface area (Å²) in [7, 11) is 0. The van der Waals surface area contributed by atoms with E-state index in [4.69, 9.17) is 4.74 Å². The van der Waals surface area contributed by atoms with E-state index in [0.29, 0.717) is 42.1 Å². The van der Waals surface area contributed by atoms with Crippen molar-refractivity contribution < 1.29 is 13.5 Å². The first kappa shape index (κ1) is 23.1. The second-order valence-electron chi connectivity index (χ2n) is 10.1. The molecule has 0 bridgehead atoms. The number of anilines is 2. The maximum atomic E-state index is 15.3. The smallest absolute Gasteiger partial charge is 0.326 e. The molecule has 7 nitrogen and oxygen atoms in total. The molecule has 1 saturated carbocycles. The van der Waals surface area contributed by atoms with Gasteiger partial charge in [0.1, 0.15) is 23.3 Å². The van der Waals surface area contributed by atoms with E-state index in [1.165, 1.54) is 18.4 Å². The number of halogens is 2. The summed E-state index contributed by atoms with van der Waals surface area (Å²) >= 11 is 0. The number of allylic oxidation sites excluding steroid dienone is 1. The van der Waals surface area contributed by atoms with E-state index in [0.717, 1.165) is 43.5 Å². The van der Waals surface area contributed by atoms with Crippen molar-refractivity contribution in [3.8, 4) is 11.8 Å². The molecule has 2 aliphatic carbocycles. The number of fused-ring (bicyclic) bond motifs is 1. The van der Waals surface area contributed by atoms with Crippen LogP contribution in [0.2, 0.25) is 0 Å². The van der Waals surface area contributed by atoms with Gasteiger partial charge in [-0.1, -0.05) is 18.6 Å². The van der Waals surface area contributed by atoms with Crippen molar-refractivity contribution >= 4 is 23.5 Å². The third-order valence-electron chi connectivity index (χ3n) is 7.25. The molecule has 1 atom stereocenters. The van der Waals surface area contributed by atoms with Gasteiger partial charge >= 0.3 is 6.01 Å². The molecule has 2 aliphatic heterocycles. The van der Waals surface area contributed by atoms with Crippen molar-refractivity contribution in [2.45, 2.75) is 45.6 Å². The second kappa shape index (κ2) is 9.28. The summed E-state index contributed by atoms with van der Waals surface area (Å²) < 4.78 is 35.8. The largest absolute Gasteiger partial charge is 0.421 e. The monoisotopic (exact) mass is 492 g/mol. The number of nitrogens with zero attached hydrogens (tertiary/aromatic N) is 4. The molecule has 2 fully saturated rings. The van der Waals surface area contributed by atoms with Gasteiger partial charge in [0.05, 0.1) is 6.54 Å². The Morgan fingerprint density at radius 1 is 1.19 bits per heavy atom. The third kappa shape index (κ3) is 4.59. The van der Waals surface area contributed by atoms with Crippen LogP contribution in [0.5, 0.6) is 11.8 Å². The molecule has 2 aromatic rings. The van der Waals surface area contributed by atoms with E-state index in [2.05, 4.69) is 43.5 Å². The quantitative estimate of drug-likeness (QED) is 0.600. The highest BCUT2D eigenvalue weighted by Gasteiger charge is 2.28. The van der Waals surface area contributed by atoms with Gasteiger partial charge in [-0.25, -0.2) is 8.78 Å². The Bertz CT molecular complexity index is 1300. The maximum absolute atomic E-state index is 15.3. The number of hydrogen-bond acceptors (Lipinski definition) is 7. The lowest BCUT2D eigenvalue weighted by Crippen LogP contribution is -2.50. The Balaban J connectivity index is 1.32. The van der Waals surface area contributed by atoms with Crippen LogP contribution in [-0.2, 0) is 6.42 Å². The van der Waals surface area contributed by atoms with Gasteiger partial charge in [-0.05, 0) is 50.2 Å². The Hall–Kier alpha value is -3.33. The average Bonchev–Trinajstić information content (AvgIpc) is 3.49. The fourth-order valence-electron chi connectivity index (χ4n) is 5.08. The molecule has 36 heavy (non-hydrogen) atoms. The first-order chi connectivity index (χ1) is 17.5. The van der Waals surface area contributed by atoms with Gasteiger partial charge in [-0.3, -0.25) is 4.99 Å². The summed E-state index contributed by atoms with van der Waals surface area (Å²) in [6.45, 7) is 7.09. The Morgan fingerprint density at radius 3 is 2.86 bits per heavy atom. The summed E-state index contributed by atoms with van der Waals surface area (Å²) in [5.74, 6) is 1.26. The molecule has 1 unspecified atom stereocenters. The number of piperazine rings is 1. The zero-order valence-electron chi connectivity index (χ0n) is 20.6. The third-order valence-corrected chi connectivity index (χ3v) is 7.25. The predicted molar refractivity (Wildman–Crippen MR) is 137 cm³/mol. The topological polar surface area (TPSA) is 74.7 Å². The molecule has 6 rings (SSSR count). The average molecular weight is 493 g/mol. The van der Waals surface area contributed by atoms with E-state index in [-0.39, 0.29) is 17.3 Å². The minimum Gasteiger partial charge on any atom is -0.421 e. The van der Waals surface area contributed by atoms with Crippen LogP contribution in [0.25, 0.3) is 6.08 Å². The highest BCUT2D eigenvalue weighted by molar-refractivity contribution is 6.05. The van der Waals surface area contributed by atoms with Gasteiger partial charge in [-0.2, -0.15) is 9.97 Å². The van der Waals surface area contributed by atoms with Crippen LogP contribution in [0, 0.1) is 17.6 Å². The molecule has 0 radical (unpaired) electrons. The minimum absolute atomic E-state index is 0.0384. The zero-order chi connectivity index (χ0) is 24.8. The number of aromatic nitrogens is 2. The first-order valence-electron chi connectivity index (χ1n) is 12.7. The van der Waals surface area contributed by atoms with Gasteiger partial charge < -0.3 is 20.3 Å². The lowest BCUT2D eigenvalue weighted by Gasteiger charge is -2.34. The number of aliphatic imine (C=N–C) groups is 1. The Kier molecular flexibility index (Phi) is 5.95. The van der Waals surface area contributed by atoms with Crippen LogP contribution in [0.15, 0.2) is 34.3 Å². The van der Waals surface area contributed by atoms with Crippen molar-refractivity contribution in [2.24, 2.45) is 10.9 Å². The first-order valence-corrected chi connectivity index (χ1v) is 12.7. The molecule has 188 valence electrons. The van der Waals surface area contributed by atoms with Gasteiger partial charge in [-0.15, -0.1) is 0 Å². The molecule has 1 aromatic heterocycles. The number of amidine groups is 1. The standard InChI is InChI=1S/C27H30F2N6O/c1-3-18-14-35(7-6-30-18)25-12-24(32-23-10-17(13-31-23)16-4-5-16)33-27(34-25)36-22-11-21(28)19-8-15(2)9-20(19)26(22)29/h9-12,16,18,30H,3-8,13-14H2,1-2H3,(H,31,32,33,34). The summed E-state index contributed by atoms with van der Waals surface area (Å²) in [5, 5.41) is 6.78. The summed E-state index contributed by atoms with van der Waals surface area (Å²) in [6, 6.07) is 3.26. The maximum Gasteiger partial charge on any atom is 0.326 e. The molecule has 9 heteroatoms. The van der Waals surface area contributed by atoms with E-state index >= 15 is 4.39 Å². The highest BCUT2D eigenvalue weighted by atomic mass is 19.1. The molecule has 1 aromatic carbocycles. The molecular weight excluding hydrogens is 462 g/mol. The van der Waals surface area contributed by atoms with Crippen LogP contribution in [0.3, 0.4) is 0 Å². The van der Waals surface area contributed by atoms with Gasteiger partial charge in [0, 0.05) is 48.9 Å². The SMILES string of the molecule is CCC1CN(c2cc(NC3=NCC(C4CC4)=C3)nc(Oc3cc(F)c4c(c3F)C=C(C)C4)n2)CCN1. The summed E-state index contributed by atoms with van der Waals surface area (Å²) in [5.41, 5.74) is 2.85. The van der Waals surface area contributed by atoms with Crippen LogP contribution >= 0.6 is 0 Å². The fraction of sp³-hybridized carbons (Fsp3) is 0.444. The minimum atomic E-state index is -0.600. The number of nitrogens with one attached hydrogen (secondary N) is 2. The lowest BCUT2D eigenvalue weighted by atomic mass is 10.1. The van der Waals surface area contributed by atoms with E-state index in [1.54, 1.807) is 6.08 Å². The second-order valence-corrected chi connectivity index (χ2v) is 10.1. The predicted octanol–water partition coefficient (Wildman–Crippen LogP) is 4.86. The molecule has 0 amide bonds. The van der Waals surface area contributed by atoms with Crippen LogP contribution in [0.1, 0.15) is 44.2 Å². The Morgan fingerprint density at radius 2 is 2.06 bits per heavy atom. The van der Waals surface area contributed by atoms with E-state index in [1.807, 2.05) is 13.0 Å². The zero-order valence-corrected chi connectivity index (χ0v) is 20.6. The van der Waals surface area contributed by atoms with Crippen LogP contribution in [-0.4, -0.2) is 48.0 Å². The molecule has 1 saturated heterocycles. The van der Waals surface area contributed by atoms with E-state index in [9.17, 15) is 4.39 Å². The van der Waals surface area contributed by atoms with Crippen molar-refractivity contribution in [3.63, 3.8) is 0 Å². The van der Waals surface area contributed by atoms with Gasteiger partial charge in [0.15, 0.2) is 11.6 Å². The molecule has 2 N–H and O–H groups in total. The number of benzene rings is 1. The van der Waals surface area contributed by atoms with Gasteiger partial charge in [0.2, 0.25) is 0 Å². The molecule has 3 heterocycles. The summed E-state index contributed by atoms with van der Waals surface area (Å²) in [4.78, 5) is 15.8. The molecule has 0 spiro atoms. The van der Waals surface area contributed by atoms with E-state index < -0.39 is 11.6 Å². The highest BCUT2D eigenvalue weighted by Crippen LogP contribution is 2.38. The Labute approximate surface area is 209 Å². The lowest BCUT2D eigenvalue weighted by molar-refractivity contribution is 0.403. The van der Waals surface area contributed by atoms with Gasteiger partial charge in [0.25, 0.3) is 0 Å². The number of hydrogen-bond donors (Lipinski definition) is 2. The van der Waals surface area contributed by atoms with Crippen molar-refractivity contribution in [1.29, 1.82) is 0 Å². The van der Waals surface area contributed by atoms with Crippen molar-refractivity contribution in [3.05, 3.63) is 52.1 Å². The van der Waals surface area contributed by atoms with Crippen molar-refractivity contribution in [1.82, 2.24) is 15.3 Å². The fourth-order valence-corrected chi connectivity index (χ4v) is 5.08. The normalized spacial score (nSPS) is 21.2. The molecular formula is C27H30F2N6O. The molecule has 4 aliphatic rings. The number of ether oxygens (including phenoxy) is 1.